The summed E-state index contributed by atoms with van der Waals surface area (Å²) in [5, 5.41) is 14.8. The van der Waals surface area contributed by atoms with Crippen LogP contribution >= 0.6 is 11.3 Å². The lowest BCUT2D eigenvalue weighted by molar-refractivity contribution is -0.145. The molecule has 1 atom stereocenters. The van der Waals surface area contributed by atoms with Crippen LogP contribution in [-0.4, -0.2) is 30.3 Å². The molecule has 0 aliphatic heterocycles. The Balaban J connectivity index is 2.18. The van der Waals surface area contributed by atoms with Gasteiger partial charge in [0.2, 0.25) is 0 Å². The van der Waals surface area contributed by atoms with E-state index < -0.39 is 6.10 Å². The van der Waals surface area contributed by atoms with Crippen LogP contribution in [0.1, 0.15) is 23.8 Å². The molecule has 0 saturated heterocycles. The molecular weight excluding hydrogens is 238 g/mol. The Labute approximate surface area is 106 Å². The Morgan fingerprint density at radius 3 is 3.00 bits per heavy atom. The van der Waals surface area contributed by atoms with E-state index in [2.05, 4.69) is 18.3 Å². The number of nitrogens with one attached hydrogen (secondary N) is 1. The minimum absolute atomic E-state index is 0.0459. The third kappa shape index (κ3) is 5.30. The second-order valence-corrected chi connectivity index (χ2v) is 4.82. The zero-order valence-corrected chi connectivity index (χ0v) is 11.0. The molecule has 2 N–H and O–H groups in total. The van der Waals surface area contributed by atoms with Crippen molar-refractivity contribution in [3.63, 3.8) is 0 Å². The van der Waals surface area contributed by atoms with Gasteiger partial charge in [-0.2, -0.15) is 0 Å². The number of rotatable bonds is 7. The molecule has 0 amide bonds. The Kier molecular flexibility index (Phi) is 6.18. The van der Waals surface area contributed by atoms with E-state index in [9.17, 15) is 9.90 Å². The molecule has 0 aliphatic carbocycles. The summed E-state index contributed by atoms with van der Waals surface area (Å²) in [5.41, 5.74) is 1.25. The Bertz CT molecular complexity index is 351. The van der Waals surface area contributed by atoms with Gasteiger partial charge >= 0.3 is 5.97 Å². The van der Waals surface area contributed by atoms with E-state index in [0.717, 1.165) is 6.54 Å². The average Bonchev–Trinajstić information content (AvgIpc) is 2.64. The van der Waals surface area contributed by atoms with E-state index in [4.69, 9.17) is 4.74 Å². The molecule has 1 unspecified atom stereocenters. The van der Waals surface area contributed by atoms with Gasteiger partial charge in [-0.3, -0.25) is 4.79 Å². The highest BCUT2D eigenvalue weighted by molar-refractivity contribution is 7.10. The smallest absolute Gasteiger partial charge is 0.308 e. The van der Waals surface area contributed by atoms with Gasteiger partial charge in [-0.1, -0.05) is 0 Å². The van der Waals surface area contributed by atoms with E-state index in [0.29, 0.717) is 13.2 Å². The molecule has 1 aromatic rings. The number of carbonyl (C=O) groups excluding carboxylic acids is 1. The number of hydrogen-bond donors (Lipinski definition) is 2. The van der Waals surface area contributed by atoms with Crippen LogP contribution in [0.2, 0.25) is 0 Å². The van der Waals surface area contributed by atoms with Crippen molar-refractivity contribution in [2.75, 3.05) is 13.2 Å². The van der Waals surface area contributed by atoms with Crippen LogP contribution in [0.3, 0.4) is 0 Å². The summed E-state index contributed by atoms with van der Waals surface area (Å²) in [6.07, 6.45) is -0.640. The maximum atomic E-state index is 11.1. The summed E-state index contributed by atoms with van der Waals surface area (Å²) < 4.78 is 4.76. The topological polar surface area (TPSA) is 58.6 Å². The van der Waals surface area contributed by atoms with Gasteiger partial charge in [0.25, 0.3) is 0 Å². The summed E-state index contributed by atoms with van der Waals surface area (Å²) in [6.45, 7) is 5.29. The standard InChI is InChI=1S/C12H19NO3S/c1-3-16-12(15)6-10(14)7-13-8-11-9(2)4-5-17-11/h4-5,10,13-14H,3,6-8H2,1-2H3. The molecule has 0 saturated carbocycles. The summed E-state index contributed by atoms with van der Waals surface area (Å²) in [5.74, 6) is -0.353. The molecule has 0 aromatic carbocycles. The third-order valence-corrected chi connectivity index (χ3v) is 3.36. The summed E-state index contributed by atoms with van der Waals surface area (Å²) in [7, 11) is 0. The first-order valence-electron chi connectivity index (χ1n) is 5.70. The number of ether oxygens (including phenoxy) is 1. The Morgan fingerprint density at radius 1 is 1.65 bits per heavy atom. The first kappa shape index (κ1) is 14.2. The fourth-order valence-electron chi connectivity index (χ4n) is 1.42. The summed E-state index contributed by atoms with van der Waals surface area (Å²) >= 11 is 1.69. The normalized spacial score (nSPS) is 12.4. The second-order valence-electron chi connectivity index (χ2n) is 3.82. The van der Waals surface area contributed by atoms with Crippen molar-refractivity contribution in [1.82, 2.24) is 5.32 Å². The van der Waals surface area contributed by atoms with Crippen LogP contribution in [0.15, 0.2) is 11.4 Å². The lowest BCUT2D eigenvalue weighted by Crippen LogP contribution is -2.28. The van der Waals surface area contributed by atoms with E-state index in [1.165, 1.54) is 10.4 Å². The lowest BCUT2D eigenvalue weighted by Gasteiger charge is -2.10. The zero-order valence-electron chi connectivity index (χ0n) is 10.2. The van der Waals surface area contributed by atoms with Crippen molar-refractivity contribution in [3.05, 3.63) is 21.9 Å². The van der Waals surface area contributed by atoms with Crippen LogP contribution in [-0.2, 0) is 16.1 Å². The van der Waals surface area contributed by atoms with Crippen LogP contribution in [0.4, 0.5) is 0 Å². The lowest BCUT2D eigenvalue weighted by atomic mass is 10.2. The highest BCUT2D eigenvalue weighted by Crippen LogP contribution is 2.14. The minimum atomic E-state index is -0.686. The Hall–Kier alpha value is -0.910. The molecule has 1 heterocycles. The molecule has 1 aromatic heterocycles. The molecule has 0 fully saturated rings. The van der Waals surface area contributed by atoms with Crippen molar-refractivity contribution in [1.29, 1.82) is 0 Å². The van der Waals surface area contributed by atoms with Crippen LogP contribution < -0.4 is 5.32 Å². The predicted molar refractivity (Wildman–Crippen MR) is 68.0 cm³/mol. The third-order valence-electron chi connectivity index (χ3n) is 2.34. The number of esters is 1. The van der Waals surface area contributed by atoms with E-state index >= 15 is 0 Å². The van der Waals surface area contributed by atoms with Crippen molar-refractivity contribution in [2.24, 2.45) is 0 Å². The number of aliphatic hydroxyl groups excluding tert-OH is 1. The zero-order chi connectivity index (χ0) is 12.7. The van der Waals surface area contributed by atoms with Crippen LogP contribution in [0, 0.1) is 6.92 Å². The summed E-state index contributed by atoms with van der Waals surface area (Å²) in [6, 6.07) is 2.07. The number of carbonyl (C=O) groups is 1. The average molecular weight is 257 g/mol. The fraction of sp³-hybridized carbons (Fsp3) is 0.583. The molecule has 1 rings (SSSR count). The van der Waals surface area contributed by atoms with E-state index in [1.54, 1.807) is 18.3 Å². The predicted octanol–water partition coefficient (Wildman–Crippen LogP) is 1.46. The minimum Gasteiger partial charge on any atom is -0.466 e. The number of aryl methyl sites for hydroxylation is 1. The molecule has 4 nitrogen and oxygen atoms in total. The van der Waals surface area contributed by atoms with Crippen molar-refractivity contribution >= 4 is 17.3 Å². The van der Waals surface area contributed by atoms with Gasteiger partial charge < -0.3 is 15.2 Å². The molecule has 0 bridgehead atoms. The van der Waals surface area contributed by atoms with Crippen LogP contribution in [0.25, 0.3) is 0 Å². The monoisotopic (exact) mass is 257 g/mol. The fourth-order valence-corrected chi connectivity index (χ4v) is 2.30. The van der Waals surface area contributed by atoms with Gasteiger partial charge in [-0.25, -0.2) is 0 Å². The van der Waals surface area contributed by atoms with Gasteiger partial charge in [0.15, 0.2) is 0 Å². The SMILES string of the molecule is CCOC(=O)CC(O)CNCc1sccc1C. The van der Waals surface area contributed by atoms with Gasteiger partial charge in [-0.15, -0.1) is 11.3 Å². The number of aliphatic hydroxyl groups is 1. The highest BCUT2D eigenvalue weighted by atomic mass is 32.1. The second kappa shape index (κ2) is 7.42. The molecule has 5 heteroatoms. The largest absolute Gasteiger partial charge is 0.466 e. The Morgan fingerprint density at radius 2 is 2.41 bits per heavy atom. The summed E-state index contributed by atoms with van der Waals surface area (Å²) in [4.78, 5) is 12.3. The van der Waals surface area contributed by atoms with Crippen molar-refractivity contribution in [2.45, 2.75) is 32.9 Å². The number of hydrogen-bond acceptors (Lipinski definition) is 5. The van der Waals surface area contributed by atoms with E-state index in [1.807, 2.05) is 5.38 Å². The molecule has 17 heavy (non-hydrogen) atoms. The number of thiophene rings is 1. The maximum Gasteiger partial charge on any atom is 0.308 e. The molecule has 0 radical (unpaired) electrons. The molecular formula is C12H19NO3S. The molecule has 0 aliphatic rings. The van der Waals surface area contributed by atoms with Crippen molar-refractivity contribution < 1.29 is 14.6 Å². The first-order valence-corrected chi connectivity index (χ1v) is 6.58. The quantitative estimate of drug-likeness (QED) is 0.726. The highest BCUT2D eigenvalue weighted by Gasteiger charge is 2.11. The molecule has 96 valence electrons. The van der Waals surface area contributed by atoms with Crippen molar-refractivity contribution in [3.8, 4) is 0 Å². The van der Waals surface area contributed by atoms with Gasteiger partial charge in [0.05, 0.1) is 19.1 Å². The van der Waals surface area contributed by atoms with Gasteiger partial charge in [-0.05, 0) is 30.9 Å². The van der Waals surface area contributed by atoms with Gasteiger partial charge in [0.1, 0.15) is 0 Å². The molecule has 0 spiro atoms. The van der Waals surface area contributed by atoms with Gasteiger partial charge in [0, 0.05) is 18.0 Å². The van der Waals surface area contributed by atoms with E-state index in [-0.39, 0.29) is 12.4 Å². The maximum absolute atomic E-state index is 11.1. The van der Waals surface area contributed by atoms with Crippen LogP contribution in [0.5, 0.6) is 0 Å². The first-order chi connectivity index (χ1) is 8.13.